The Kier molecular flexibility index (Phi) is 6.03. The molecule has 2 N–H and O–H groups in total. The molecule has 2 fully saturated rings. The van der Waals surface area contributed by atoms with Gasteiger partial charge in [-0.1, -0.05) is 26.7 Å². The third-order valence-corrected chi connectivity index (χ3v) is 4.81. The van der Waals surface area contributed by atoms with Gasteiger partial charge in [-0.15, -0.1) is 0 Å². The highest BCUT2D eigenvalue weighted by molar-refractivity contribution is 6.35. The van der Waals surface area contributed by atoms with Gasteiger partial charge in [0.05, 0.1) is 0 Å². The average molecular weight is 295 g/mol. The van der Waals surface area contributed by atoms with Crippen molar-refractivity contribution in [2.24, 2.45) is 11.8 Å². The van der Waals surface area contributed by atoms with E-state index in [4.69, 9.17) is 0 Å². The van der Waals surface area contributed by atoms with Crippen molar-refractivity contribution in [3.63, 3.8) is 0 Å². The van der Waals surface area contributed by atoms with E-state index in [2.05, 4.69) is 24.5 Å². The van der Waals surface area contributed by atoms with E-state index in [0.717, 1.165) is 38.8 Å². The van der Waals surface area contributed by atoms with Crippen LogP contribution in [0.15, 0.2) is 0 Å². The molecule has 1 saturated heterocycles. The molecule has 2 rings (SSSR count). The molecule has 2 amide bonds. The fourth-order valence-corrected chi connectivity index (χ4v) is 3.56. The maximum Gasteiger partial charge on any atom is 0.311 e. The minimum atomic E-state index is -0.408. The van der Waals surface area contributed by atoms with Gasteiger partial charge in [-0.3, -0.25) is 9.59 Å². The van der Waals surface area contributed by atoms with Crippen LogP contribution in [0.4, 0.5) is 0 Å². The summed E-state index contributed by atoms with van der Waals surface area (Å²) >= 11 is 0. The predicted octanol–water partition coefficient (Wildman–Crippen LogP) is 1.14. The van der Waals surface area contributed by atoms with Gasteiger partial charge in [0, 0.05) is 25.7 Å². The molecule has 5 heteroatoms. The van der Waals surface area contributed by atoms with E-state index in [1.165, 1.54) is 6.42 Å². The van der Waals surface area contributed by atoms with Crippen molar-refractivity contribution in [1.82, 2.24) is 15.5 Å². The number of hydrogen-bond donors (Lipinski definition) is 2. The molecular weight excluding hydrogens is 266 g/mol. The summed E-state index contributed by atoms with van der Waals surface area (Å²) in [4.78, 5) is 26.2. The van der Waals surface area contributed by atoms with E-state index in [1.54, 1.807) is 4.90 Å². The molecule has 2 atom stereocenters. The van der Waals surface area contributed by atoms with E-state index < -0.39 is 5.91 Å². The number of carbonyl (C=O) groups is 2. The summed E-state index contributed by atoms with van der Waals surface area (Å²) < 4.78 is 0. The quantitative estimate of drug-likeness (QED) is 0.751. The number of hydrogen-bond acceptors (Lipinski definition) is 3. The lowest BCUT2D eigenvalue weighted by Crippen LogP contribution is -2.50. The Morgan fingerprint density at radius 2 is 1.86 bits per heavy atom. The van der Waals surface area contributed by atoms with Crippen molar-refractivity contribution >= 4 is 11.8 Å². The number of nitrogens with one attached hydrogen (secondary N) is 2. The molecule has 0 aromatic carbocycles. The molecule has 2 unspecified atom stereocenters. The first-order valence-corrected chi connectivity index (χ1v) is 8.40. The Bertz CT molecular complexity index is 363. The van der Waals surface area contributed by atoms with E-state index in [1.807, 2.05) is 0 Å². The Morgan fingerprint density at radius 1 is 1.10 bits per heavy atom. The first-order chi connectivity index (χ1) is 10.1. The minimum absolute atomic E-state index is 0.167. The molecule has 0 radical (unpaired) electrons. The summed E-state index contributed by atoms with van der Waals surface area (Å²) in [6.07, 6.45) is 5.46. The zero-order chi connectivity index (χ0) is 15.2. The topological polar surface area (TPSA) is 61.4 Å². The normalized spacial score (nSPS) is 27.3. The lowest BCUT2D eigenvalue weighted by molar-refractivity contribution is -0.146. The third kappa shape index (κ3) is 4.43. The van der Waals surface area contributed by atoms with E-state index in [9.17, 15) is 9.59 Å². The molecule has 2 aliphatic rings. The van der Waals surface area contributed by atoms with Gasteiger partial charge in [0.1, 0.15) is 0 Å². The Hall–Kier alpha value is -1.10. The predicted molar refractivity (Wildman–Crippen MR) is 82.8 cm³/mol. The molecule has 0 spiro atoms. The lowest BCUT2D eigenvalue weighted by atomic mass is 9.78. The fourth-order valence-electron chi connectivity index (χ4n) is 3.56. The average Bonchev–Trinajstić information content (AvgIpc) is 2.75. The summed E-state index contributed by atoms with van der Waals surface area (Å²) in [7, 11) is 0. The third-order valence-electron chi connectivity index (χ3n) is 4.81. The minimum Gasteiger partial charge on any atom is -0.345 e. The second-order valence-corrected chi connectivity index (χ2v) is 6.67. The van der Waals surface area contributed by atoms with Crippen LogP contribution in [0, 0.1) is 11.8 Å². The maximum atomic E-state index is 12.3. The fraction of sp³-hybridized carbons (Fsp3) is 0.875. The van der Waals surface area contributed by atoms with Crippen LogP contribution in [0.3, 0.4) is 0 Å². The van der Waals surface area contributed by atoms with Gasteiger partial charge in [0.25, 0.3) is 0 Å². The van der Waals surface area contributed by atoms with Crippen LogP contribution in [-0.2, 0) is 9.59 Å². The molecule has 120 valence electrons. The van der Waals surface area contributed by atoms with Crippen molar-refractivity contribution in [3.05, 3.63) is 0 Å². The Morgan fingerprint density at radius 3 is 2.62 bits per heavy atom. The SMILES string of the molecule is CC(C)C1CCCCC1NC(=O)C(=O)N1CCCNCC1. The van der Waals surface area contributed by atoms with Crippen LogP contribution in [0.5, 0.6) is 0 Å². The first kappa shape index (κ1) is 16.3. The van der Waals surface area contributed by atoms with Crippen molar-refractivity contribution in [2.45, 2.75) is 52.0 Å². The summed E-state index contributed by atoms with van der Waals surface area (Å²) in [6, 6.07) is 0.167. The summed E-state index contributed by atoms with van der Waals surface area (Å²) in [6.45, 7) is 7.41. The monoisotopic (exact) mass is 295 g/mol. The van der Waals surface area contributed by atoms with Gasteiger partial charge in [-0.25, -0.2) is 0 Å². The number of amides is 2. The van der Waals surface area contributed by atoms with Crippen LogP contribution in [0.25, 0.3) is 0 Å². The zero-order valence-corrected chi connectivity index (χ0v) is 13.4. The van der Waals surface area contributed by atoms with Gasteiger partial charge in [0.15, 0.2) is 0 Å². The standard InChI is InChI=1S/C16H29N3O2/c1-12(2)13-6-3-4-7-14(13)18-15(20)16(21)19-10-5-8-17-9-11-19/h12-14,17H,3-11H2,1-2H3,(H,18,20). The number of rotatable bonds is 2. The summed E-state index contributed by atoms with van der Waals surface area (Å²) in [5.41, 5.74) is 0. The zero-order valence-electron chi connectivity index (χ0n) is 13.4. The molecule has 1 aliphatic carbocycles. The van der Waals surface area contributed by atoms with Crippen molar-refractivity contribution < 1.29 is 9.59 Å². The van der Waals surface area contributed by atoms with Crippen LogP contribution >= 0.6 is 0 Å². The highest BCUT2D eigenvalue weighted by atomic mass is 16.2. The van der Waals surface area contributed by atoms with Crippen LogP contribution < -0.4 is 10.6 Å². The van der Waals surface area contributed by atoms with E-state index >= 15 is 0 Å². The molecule has 1 saturated carbocycles. The molecule has 0 bridgehead atoms. The number of nitrogens with zero attached hydrogens (tertiary/aromatic N) is 1. The largest absolute Gasteiger partial charge is 0.345 e. The molecule has 0 aromatic rings. The lowest BCUT2D eigenvalue weighted by Gasteiger charge is -2.35. The van der Waals surface area contributed by atoms with Gasteiger partial charge in [-0.05, 0) is 37.6 Å². The van der Waals surface area contributed by atoms with Crippen molar-refractivity contribution in [2.75, 3.05) is 26.2 Å². The maximum absolute atomic E-state index is 12.3. The first-order valence-electron chi connectivity index (χ1n) is 8.40. The van der Waals surface area contributed by atoms with Crippen molar-refractivity contribution in [1.29, 1.82) is 0 Å². The summed E-state index contributed by atoms with van der Waals surface area (Å²) in [5.74, 6) is 0.288. The molecule has 1 aliphatic heterocycles. The van der Waals surface area contributed by atoms with Gasteiger partial charge in [0.2, 0.25) is 0 Å². The molecule has 0 aromatic heterocycles. The van der Waals surface area contributed by atoms with Gasteiger partial charge >= 0.3 is 11.8 Å². The van der Waals surface area contributed by atoms with Crippen LogP contribution in [0.2, 0.25) is 0 Å². The Labute approximate surface area is 127 Å². The van der Waals surface area contributed by atoms with Crippen molar-refractivity contribution in [3.8, 4) is 0 Å². The number of carbonyl (C=O) groups excluding carboxylic acids is 2. The molecular formula is C16H29N3O2. The second kappa shape index (κ2) is 7.78. The highest BCUT2D eigenvalue weighted by Crippen LogP contribution is 2.30. The van der Waals surface area contributed by atoms with Crippen LogP contribution in [0.1, 0.15) is 46.0 Å². The second-order valence-electron chi connectivity index (χ2n) is 6.67. The highest BCUT2D eigenvalue weighted by Gasteiger charge is 2.31. The van der Waals surface area contributed by atoms with Gasteiger partial charge < -0.3 is 15.5 Å². The van der Waals surface area contributed by atoms with Crippen LogP contribution in [-0.4, -0.2) is 48.9 Å². The molecule has 1 heterocycles. The smallest absolute Gasteiger partial charge is 0.311 e. The Balaban J connectivity index is 1.91. The summed E-state index contributed by atoms with van der Waals surface area (Å²) in [5, 5.41) is 6.27. The molecule has 5 nitrogen and oxygen atoms in total. The van der Waals surface area contributed by atoms with E-state index in [-0.39, 0.29) is 11.9 Å². The van der Waals surface area contributed by atoms with Gasteiger partial charge in [-0.2, -0.15) is 0 Å². The van der Waals surface area contributed by atoms with E-state index in [0.29, 0.717) is 24.9 Å². The molecule has 21 heavy (non-hydrogen) atoms.